The fourth-order valence-electron chi connectivity index (χ4n) is 3.04. The number of nitrogens with zero attached hydrogens (tertiary/aromatic N) is 3. The number of hydrogen-bond acceptors (Lipinski definition) is 3. The summed E-state index contributed by atoms with van der Waals surface area (Å²) in [5, 5.41) is 4.17. The maximum Gasteiger partial charge on any atom is 0.274 e. The zero-order chi connectivity index (χ0) is 14.8. The van der Waals surface area contributed by atoms with Crippen LogP contribution < -0.4 is 5.73 Å². The van der Waals surface area contributed by atoms with Gasteiger partial charge in [0, 0.05) is 13.1 Å². The van der Waals surface area contributed by atoms with Crippen molar-refractivity contribution in [3.05, 3.63) is 47.8 Å². The van der Waals surface area contributed by atoms with Gasteiger partial charge in [0.05, 0.1) is 17.9 Å². The first-order valence-corrected chi connectivity index (χ1v) is 7.39. The van der Waals surface area contributed by atoms with Gasteiger partial charge in [0.1, 0.15) is 5.69 Å². The van der Waals surface area contributed by atoms with E-state index in [0.29, 0.717) is 17.9 Å². The number of aryl methyl sites for hydroxylation is 1. The molecule has 0 saturated carbocycles. The number of nitrogen functional groups attached to an aromatic ring is 1. The standard InChI is InChI=1S/C16H20N4O/c1-2-20-15(13(17)11-18-20)16(21)19-10-6-9-14(19)12-7-4-3-5-8-12/h3-5,7-8,11,14H,2,6,9-10,17H2,1H3. The van der Waals surface area contributed by atoms with E-state index in [1.165, 1.54) is 5.56 Å². The molecule has 2 N–H and O–H groups in total. The van der Waals surface area contributed by atoms with Crippen molar-refractivity contribution in [3.63, 3.8) is 0 Å². The van der Waals surface area contributed by atoms with Crippen LogP contribution in [-0.2, 0) is 6.54 Å². The predicted octanol–water partition coefficient (Wildman–Crippen LogP) is 2.46. The molecule has 1 aliphatic heterocycles. The number of amides is 1. The Morgan fingerprint density at radius 2 is 2.14 bits per heavy atom. The SMILES string of the molecule is CCn1ncc(N)c1C(=O)N1CCCC1c1ccccc1. The van der Waals surface area contributed by atoms with Crippen LogP contribution in [0.2, 0.25) is 0 Å². The average Bonchev–Trinajstić information content (AvgIpc) is 3.14. The number of rotatable bonds is 3. The number of nitrogens with two attached hydrogens (primary N) is 1. The fourth-order valence-corrected chi connectivity index (χ4v) is 3.04. The molecule has 1 aliphatic rings. The van der Waals surface area contributed by atoms with Gasteiger partial charge >= 0.3 is 0 Å². The molecule has 2 heterocycles. The number of carbonyl (C=O) groups is 1. The first kappa shape index (κ1) is 13.7. The van der Waals surface area contributed by atoms with Crippen LogP contribution in [0.25, 0.3) is 0 Å². The molecule has 2 aromatic rings. The summed E-state index contributed by atoms with van der Waals surface area (Å²) in [6.07, 6.45) is 3.58. The Balaban J connectivity index is 1.92. The molecular formula is C16H20N4O. The maximum atomic E-state index is 12.9. The number of aromatic nitrogens is 2. The quantitative estimate of drug-likeness (QED) is 0.941. The summed E-state index contributed by atoms with van der Waals surface area (Å²) in [7, 11) is 0. The van der Waals surface area contributed by atoms with Crippen molar-refractivity contribution in [2.75, 3.05) is 12.3 Å². The van der Waals surface area contributed by atoms with Gasteiger partial charge in [-0.15, -0.1) is 0 Å². The van der Waals surface area contributed by atoms with Gasteiger partial charge < -0.3 is 10.6 Å². The van der Waals surface area contributed by atoms with Crippen molar-refractivity contribution in [2.45, 2.75) is 32.4 Å². The van der Waals surface area contributed by atoms with Crippen molar-refractivity contribution in [3.8, 4) is 0 Å². The van der Waals surface area contributed by atoms with Gasteiger partial charge in [-0.2, -0.15) is 5.10 Å². The molecule has 1 aromatic carbocycles. The smallest absolute Gasteiger partial charge is 0.274 e. The molecule has 1 aromatic heterocycles. The summed E-state index contributed by atoms with van der Waals surface area (Å²) in [6.45, 7) is 3.37. The number of hydrogen-bond donors (Lipinski definition) is 1. The van der Waals surface area contributed by atoms with Crippen molar-refractivity contribution < 1.29 is 4.79 Å². The lowest BCUT2D eigenvalue weighted by Crippen LogP contribution is -2.32. The zero-order valence-electron chi connectivity index (χ0n) is 12.2. The lowest BCUT2D eigenvalue weighted by atomic mass is 10.0. The molecule has 21 heavy (non-hydrogen) atoms. The van der Waals surface area contributed by atoms with Gasteiger partial charge in [-0.3, -0.25) is 9.48 Å². The minimum absolute atomic E-state index is 0.0156. The maximum absolute atomic E-state index is 12.9. The van der Waals surface area contributed by atoms with Crippen molar-refractivity contribution in [1.29, 1.82) is 0 Å². The van der Waals surface area contributed by atoms with E-state index >= 15 is 0 Å². The Kier molecular flexibility index (Phi) is 3.64. The molecule has 0 radical (unpaired) electrons. The monoisotopic (exact) mass is 284 g/mol. The third-order valence-electron chi connectivity index (χ3n) is 4.07. The number of benzene rings is 1. The molecule has 110 valence electrons. The molecule has 0 aliphatic carbocycles. The molecule has 1 atom stereocenters. The number of anilines is 1. The third-order valence-corrected chi connectivity index (χ3v) is 4.07. The lowest BCUT2D eigenvalue weighted by molar-refractivity contribution is 0.0724. The van der Waals surface area contributed by atoms with Crippen molar-refractivity contribution in [2.24, 2.45) is 0 Å². The van der Waals surface area contributed by atoms with Gasteiger partial charge in [0.15, 0.2) is 0 Å². The van der Waals surface area contributed by atoms with E-state index in [1.807, 2.05) is 30.0 Å². The van der Waals surface area contributed by atoms with E-state index in [0.717, 1.165) is 19.4 Å². The molecule has 5 nitrogen and oxygen atoms in total. The highest BCUT2D eigenvalue weighted by Gasteiger charge is 2.32. The van der Waals surface area contributed by atoms with Crippen LogP contribution in [0.15, 0.2) is 36.5 Å². The zero-order valence-corrected chi connectivity index (χ0v) is 12.2. The highest BCUT2D eigenvalue weighted by atomic mass is 16.2. The highest BCUT2D eigenvalue weighted by molar-refractivity contribution is 5.97. The minimum Gasteiger partial charge on any atom is -0.396 e. The molecule has 3 rings (SSSR count). The largest absolute Gasteiger partial charge is 0.396 e. The van der Waals surface area contributed by atoms with Gasteiger partial charge in [-0.05, 0) is 25.3 Å². The third kappa shape index (κ3) is 2.39. The molecule has 1 unspecified atom stereocenters. The Labute approximate surface area is 124 Å². The second kappa shape index (κ2) is 5.60. The Bertz CT molecular complexity index is 635. The van der Waals surface area contributed by atoms with Crippen molar-refractivity contribution >= 4 is 11.6 Å². The molecule has 0 bridgehead atoms. The van der Waals surface area contributed by atoms with E-state index in [4.69, 9.17) is 5.73 Å². The average molecular weight is 284 g/mol. The van der Waals surface area contributed by atoms with Crippen LogP contribution in [0.5, 0.6) is 0 Å². The number of likely N-dealkylation sites (tertiary alicyclic amines) is 1. The Morgan fingerprint density at radius 1 is 1.38 bits per heavy atom. The summed E-state index contributed by atoms with van der Waals surface area (Å²) in [6, 6.07) is 10.3. The molecule has 1 fully saturated rings. The van der Waals surface area contributed by atoms with Crippen LogP contribution in [-0.4, -0.2) is 27.1 Å². The van der Waals surface area contributed by atoms with E-state index in [2.05, 4.69) is 17.2 Å². The van der Waals surface area contributed by atoms with Crippen LogP contribution in [0, 0.1) is 0 Å². The highest BCUT2D eigenvalue weighted by Crippen LogP contribution is 2.33. The van der Waals surface area contributed by atoms with E-state index < -0.39 is 0 Å². The second-order valence-corrected chi connectivity index (χ2v) is 5.33. The first-order chi connectivity index (χ1) is 10.2. The second-order valence-electron chi connectivity index (χ2n) is 5.33. The van der Waals surface area contributed by atoms with Crippen molar-refractivity contribution in [1.82, 2.24) is 14.7 Å². The molecule has 1 saturated heterocycles. The molecular weight excluding hydrogens is 264 g/mol. The van der Waals surface area contributed by atoms with E-state index in [1.54, 1.807) is 10.9 Å². The lowest BCUT2D eigenvalue weighted by Gasteiger charge is -2.25. The number of carbonyl (C=O) groups excluding carboxylic acids is 1. The van der Waals surface area contributed by atoms with Gasteiger partial charge in [0.25, 0.3) is 5.91 Å². The van der Waals surface area contributed by atoms with Crippen LogP contribution >= 0.6 is 0 Å². The van der Waals surface area contributed by atoms with Crippen LogP contribution in [0.4, 0.5) is 5.69 Å². The summed E-state index contributed by atoms with van der Waals surface area (Å²) in [5.74, 6) is -0.0156. The molecule has 5 heteroatoms. The van der Waals surface area contributed by atoms with Crippen LogP contribution in [0.1, 0.15) is 41.9 Å². The summed E-state index contributed by atoms with van der Waals surface area (Å²) in [5.41, 5.74) is 8.10. The first-order valence-electron chi connectivity index (χ1n) is 7.39. The van der Waals surface area contributed by atoms with Gasteiger partial charge in [-0.25, -0.2) is 0 Å². The van der Waals surface area contributed by atoms with Crippen LogP contribution in [0.3, 0.4) is 0 Å². The fraction of sp³-hybridized carbons (Fsp3) is 0.375. The van der Waals surface area contributed by atoms with E-state index in [-0.39, 0.29) is 11.9 Å². The molecule has 0 spiro atoms. The normalized spacial score (nSPS) is 18.1. The summed E-state index contributed by atoms with van der Waals surface area (Å²) in [4.78, 5) is 14.8. The summed E-state index contributed by atoms with van der Waals surface area (Å²) < 4.78 is 1.68. The Hall–Kier alpha value is -2.30. The van der Waals surface area contributed by atoms with E-state index in [9.17, 15) is 4.79 Å². The molecule has 1 amide bonds. The minimum atomic E-state index is -0.0156. The van der Waals surface area contributed by atoms with Gasteiger partial charge in [0.2, 0.25) is 0 Å². The van der Waals surface area contributed by atoms with Gasteiger partial charge in [-0.1, -0.05) is 30.3 Å². The topological polar surface area (TPSA) is 64.2 Å². The predicted molar refractivity (Wildman–Crippen MR) is 81.8 cm³/mol. The summed E-state index contributed by atoms with van der Waals surface area (Å²) >= 11 is 0. The Morgan fingerprint density at radius 3 is 2.86 bits per heavy atom.